The summed E-state index contributed by atoms with van der Waals surface area (Å²) < 4.78 is 5.99. The lowest BCUT2D eigenvalue weighted by Crippen LogP contribution is -2.50. The van der Waals surface area contributed by atoms with E-state index in [0.29, 0.717) is 17.3 Å². The summed E-state index contributed by atoms with van der Waals surface area (Å²) >= 11 is 0. The smallest absolute Gasteiger partial charge is 0.307 e. The molecule has 1 aliphatic heterocycles. The minimum absolute atomic E-state index is 0.0276. The van der Waals surface area contributed by atoms with Crippen molar-refractivity contribution in [3.05, 3.63) is 11.6 Å². The Morgan fingerprint density at radius 3 is 2.68 bits per heavy atom. The number of nitrogens with zero attached hydrogens (tertiary/aromatic N) is 1. The van der Waals surface area contributed by atoms with Gasteiger partial charge in [0, 0.05) is 13.0 Å². The highest BCUT2D eigenvalue weighted by Gasteiger charge is 2.58. The zero-order valence-corrected chi connectivity index (χ0v) is 20.3. The van der Waals surface area contributed by atoms with E-state index >= 15 is 0 Å². The first-order valence-electron chi connectivity index (χ1n) is 13.6. The van der Waals surface area contributed by atoms with Gasteiger partial charge in [-0.1, -0.05) is 38.8 Å². The number of allylic oxidation sites excluding steroid dienone is 1. The highest BCUT2D eigenvalue weighted by molar-refractivity contribution is 5.69. The predicted molar refractivity (Wildman–Crippen MR) is 126 cm³/mol. The molecule has 0 unspecified atom stereocenters. The Labute approximate surface area is 190 Å². The Kier molecular flexibility index (Phi) is 6.03. The number of rotatable bonds is 5. The maximum absolute atomic E-state index is 12.5. The van der Waals surface area contributed by atoms with E-state index in [1.807, 2.05) is 0 Å². The lowest BCUT2D eigenvalue weighted by molar-refractivity contribution is -0.151. The molecule has 3 nitrogen and oxygen atoms in total. The zero-order chi connectivity index (χ0) is 21.6. The first-order valence-corrected chi connectivity index (χ1v) is 13.6. The molecule has 0 bridgehead atoms. The van der Waals surface area contributed by atoms with E-state index in [0.717, 1.165) is 56.1 Å². The number of ether oxygens (including phenoxy) is 1. The molecule has 4 aliphatic carbocycles. The maximum atomic E-state index is 12.5. The molecule has 0 aromatic carbocycles. The van der Waals surface area contributed by atoms with Crippen LogP contribution in [0.2, 0.25) is 0 Å². The number of carbonyl (C=O) groups is 1. The molecule has 174 valence electrons. The number of esters is 1. The minimum Gasteiger partial charge on any atom is -0.462 e. The molecule has 31 heavy (non-hydrogen) atoms. The van der Waals surface area contributed by atoms with Crippen LogP contribution in [0.3, 0.4) is 0 Å². The predicted octanol–water partition coefficient (Wildman–Crippen LogP) is 6.37. The fourth-order valence-corrected chi connectivity index (χ4v) is 9.01. The molecule has 3 saturated carbocycles. The van der Waals surface area contributed by atoms with Crippen molar-refractivity contribution in [2.75, 3.05) is 19.6 Å². The summed E-state index contributed by atoms with van der Waals surface area (Å²) in [6.07, 6.45) is 17.6. The molecule has 0 spiro atoms. The summed E-state index contributed by atoms with van der Waals surface area (Å²) in [6, 6.07) is 0. The topological polar surface area (TPSA) is 29.5 Å². The van der Waals surface area contributed by atoms with Gasteiger partial charge >= 0.3 is 5.97 Å². The van der Waals surface area contributed by atoms with Gasteiger partial charge < -0.3 is 9.64 Å². The second-order valence-electron chi connectivity index (χ2n) is 12.1. The van der Waals surface area contributed by atoms with Gasteiger partial charge in [0.25, 0.3) is 0 Å². The average Bonchev–Trinajstić information content (AvgIpc) is 3.39. The molecule has 4 fully saturated rings. The van der Waals surface area contributed by atoms with Gasteiger partial charge in [-0.25, -0.2) is 0 Å². The van der Waals surface area contributed by atoms with Gasteiger partial charge in [-0.05, 0) is 105 Å². The third-order valence-corrected chi connectivity index (χ3v) is 10.9. The van der Waals surface area contributed by atoms with E-state index in [1.54, 1.807) is 5.57 Å². The van der Waals surface area contributed by atoms with E-state index in [4.69, 9.17) is 4.74 Å². The van der Waals surface area contributed by atoms with E-state index in [9.17, 15) is 4.79 Å². The first-order chi connectivity index (χ1) is 14.9. The van der Waals surface area contributed by atoms with Gasteiger partial charge in [0.15, 0.2) is 0 Å². The lowest BCUT2D eigenvalue weighted by Gasteiger charge is -2.58. The van der Waals surface area contributed by atoms with Gasteiger partial charge in [0.2, 0.25) is 0 Å². The Bertz CT molecular complexity index is 710. The van der Waals surface area contributed by atoms with Crippen LogP contribution in [-0.2, 0) is 9.53 Å². The SMILES string of the molecule is CC[C@H]1CC[C@H]2[C@@H]3CC=C4C[C@@H](OC(=O)CCN5CCCC5)CC[C@]4(C)[C@H]3CC[C@]12C. The normalized spacial score (nSPS) is 44.9. The van der Waals surface area contributed by atoms with Crippen LogP contribution < -0.4 is 0 Å². The summed E-state index contributed by atoms with van der Waals surface area (Å²) in [6.45, 7) is 10.8. The van der Waals surface area contributed by atoms with E-state index in [1.165, 1.54) is 57.8 Å². The number of carbonyl (C=O) groups excluding carboxylic acids is 1. The molecule has 5 rings (SSSR count). The van der Waals surface area contributed by atoms with E-state index in [2.05, 4.69) is 31.7 Å². The van der Waals surface area contributed by atoms with Crippen molar-refractivity contribution in [1.82, 2.24) is 4.90 Å². The molecule has 0 aromatic rings. The Morgan fingerprint density at radius 1 is 1.10 bits per heavy atom. The molecular weight excluding hydrogens is 382 g/mol. The molecule has 0 N–H and O–H groups in total. The molecule has 1 heterocycles. The second-order valence-corrected chi connectivity index (χ2v) is 12.1. The number of likely N-dealkylation sites (tertiary alicyclic amines) is 1. The average molecular weight is 428 g/mol. The summed E-state index contributed by atoms with van der Waals surface area (Å²) in [4.78, 5) is 14.9. The molecule has 7 atom stereocenters. The lowest BCUT2D eigenvalue weighted by atomic mass is 9.47. The Balaban J connectivity index is 1.22. The molecule has 0 aromatic heterocycles. The summed E-state index contributed by atoms with van der Waals surface area (Å²) in [5, 5.41) is 0. The monoisotopic (exact) mass is 427 g/mol. The molecular formula is C28H45NO2. The van der Waals surface area contributed by atoms with Gasteiger partial charge in [0.1, 0.15) is 6.10 Å². The standard InChI is InChI=1S/C28H45NO2/c1-4-20-8-10-24-23-9-7-21-19-22(31-26(30)13-18-29-16-5-6-17-29)11-14-28(21,3)25(23)12-15-27(20,24)2/h7,20,22-25H,4-6,8-19H2,1-3H3/t20-,22-,23-,24-,25-,27+,28-/m0/s1. The van der Waals surface area contributed by atoms with Crippen molar-refractivity contribution in [1.29, 1.82) is 0 Å². The van der Waals surface area contributed by atoms with Crippen LogP contribution in [0, 0.1) is 34.5 Å². The van der Waals surface area contributed by atoms with Crippen molar-refractivity contribution in [3.63, 3.8) is 0 Å². The van der Waals surface area contributed by atoms with E-state index in [-0.39, 0.29) is 12.1 Å². The van der Waals surface area contributed by atoms with Crippen LogP contribution in [-0.4, -0.2) is 36.6 Å². The minimum atomic E-state index is 0.0276. The quantitative estimate of drug-likeness (QED) is 0.377. The Morgan fingerprint density at radius 2 is 1.90 bits per heavy atom. The third kappa shape index (κ3) is 3.81. The van der Waals surface area contributed by atoms with Gasteiger partial charge in [0.05, 0.1) is 6.42 Å². The van der Waals surface area contributed by atoms with Crippen LogP contribution in [0.25, 0.3) is 0 Å². The molecule has 0 amide bonds. The third-order valence-electron chi connectivity index (χ3n) is 10.9. The van der Waals surface area contributed by atoms with Crippen molar-refractivity contribution in [2.24, 2.45) is 34.5 Å². The first kappa shape index (κ1) is 22.0. The zero-order valence-electron chi connectivity index (χ0n) is 20.3. The molecule has 5 aliphatic rings. The summed E-state index contributed by atoms with van der Waals surface area (Å²) in [7, 11) is 0. The van der Waals surface area contributed by atoms with Crippen LogP contribution in [0.5, 0.6) is 0 Å². The van der Waals surface area contributed by atoms with Gasteiger partial charge in [-0.2, -0.15) is 0 Å². The second kappa shape index (κ2) is 8.50. The fourth-order valence-electron chi connectivity index (χ4n) is 9.01. The van der Waals surface area contributed by atoms with Gasteiger partial charge in [-0.15, -0.1) is 0 Å². The molecule has 0 radical (unpaired) electrons. The number of hydrogen-bond donors (Lipinski definition) is 0. The van der Waals surface area contributed by atoms with Crippen molar-refractivity contribution >= 4 is 5.97 Å². The van der Waals surface area contributed by atoms with Crippen molar-refractivity contribution in [2.45, 2.75) is 104 Å². The van der Waals surface area contributed by atoms with Crippen molar-refractivity contribution in [3.8, 4) is 0 Å². The highest BCUT2D eigenvalue weighted by Crippen LogP contribution is 2.66. The number of hydrogen-bond acceptors (Lipinski definition) is 3. The molecule has 3 heteroatoms. The van der Waals surface area contributed by atoms with Crippen molar-refractivity contribution < 1.29 is 9.53 Å². The van der Waals surface area contributed by atoms with Crippen LogP contribution in [0.1, 0.15) is 97.8 Å². The Hall–Kier alpha value is -0.830. The largest absolute Gasteiger partial charge is 0.462 e. The van der Waals surface area contributed by atoms with Gasteiger partial charge in [-0.3, -0.25) is 4.79 Å². The number of fused-ring (bicyclic) bond motifs is 5. The maximum Gasteiger partial charge on any atom is 0.307 e. The van der Waals surface area contributed by atoms with Crippen LogP contribution in [0.15, 0.2) is 11.6 Å². The van der Waals surface area contributed by atoms with E-state index < -0.39 is 0 Å². The summed E-state index contributed by atoms with van der Waals surface area (Å²) in [5.74, 6) is 3.66. The highest BCUT2D eigenvalue weighted by atomic mass is 16.5. The van der Waals surface area contributed by atoms with Crippen LogP contribution >= 0.6 is 0 Å². The van der Waals surface area contributed by atoms with Crippen LogP contribution in [0.4, 0.5) is 0 Å². The fraction of sp³-hybridized carbons (Fsp3) is 0.893. The summed E-state index contributed by atoms with van der Waals surface area (Å²) in [5.41, 5.74) is 2.58. The molecule has 1 saturated heterocycles.